The number of hydrogen-bond acceptors (Lipinski definition) is 4. The van der Waals surface area contributed by atoms with Crippen LogP contribution in [0.4, 0.5) is 5.69 Å². The summed E-state index contributed by atoms with van der Waals surface area (Å²) < 4.78 is 7.21. The number of rotatable bonds is 7. The van der Waals surface area contributed by atoms with Gasteiger partial charge in [0, 0.05) is 12.7 Å². The number of imidazole rings is 1. The van der Waals surface area contributed by atoms with Crippen LogP contribution in [-0.4, -0.2) is 22.6 Å². The Balaban J connectivity index is 1.56. The Morgan fingerprint density at radius 1 is 1.10 bits per heavy atom. The molecule has 1 heterocycles. The first-order chi connectivity index (χ1) is 15.1. The third-order valence-electron chi connectivity index (χ3n) is 5.16. The van der Waals surface area contributed by atoms with Gasteiger partial charge in [-0.25, -0.2) is 4.98 Å². The van der Waals surface area contributed by atoms with Crippen molar-refractivity contribution in [2.45, 2.75) is 12.6 Å². The second-order valence-corrected chi connectivity index (χ2v) is 7.55. The highest BCUT2D eigenvalue weighted by Gasteiger charge is 2.21. The number of hydrogen-bond donors (Lipinski definition) is 2. The lowest BCUT2D eigenvalue weighted by Gasteiger charge is -2.19. The molecule has 0 unspecified atom stereocenters. The molecule has 0 aliphatic carbocycles. The molecule has 31 heavy (non-hydrogen) atoms. The highest BCUT2D eigenvalue weighted by molar-refractivity contribution is 6.32. The quantitative estimate of drug-likeness (QED) is 0.442. The second kappa shape index (κ2) is 9.20. The molecule has 1 atom stereocenters. The molecule has 0 saturated heterocycles. The molecule has 0 radical (unpaired) electrons. The van der Waals surface area contributed by atoms with Crippen LogP contribution < -0.4 is 15.4 Å². The van der Waals surface area contributed by atoms with E-state index in [-0.39, 0.29) is 5.91 Å². The van der Waals surface area contributed by atoms with Crippen molar-refractivity contribution >= 4 is 34.2 Å². The highest BCUT2D eigenvalue weighted by atomic mass is 35.5. The van der Waals surface area contributed by atoms with Gasteiger partial charge in [0.25, 0.3) is 0 Å². The molecule has 1 amide bonds. The van der Waals surface area contributed by atoms with E-state index in [0.29, 0.717) is 23.0 Å². The van der Waals surface area contributed by atoms with Gasteiger partial charge in [-0.3, -0.25) is 10.1 Å². The van der Waals surface area contributed by atoms with Gasteiger partial charge in [-0.15, -0.1) is 0 Å². The predicted octanol–water partition coefficient (Wildman–Crippen LogP) is 4.70. The Morgan fingerprint density at radius 2 is 1.84 bits per heavy atom. The number of carbonyl (C=O) groups excluding carboxylic acids is 1. The molecular weight excluding hydrogens is 412 g/mol. The molecule has 7 heteroatoms. The molecule has 4 rings (SSSR count). The van der Waals surface area contributed by atoms with Crippen molar-refractivity contribution in [1.29, 1.82) is 0 Å². The number of para-hydroxylation sites is 2. The van der Waals surface area contributed by atoms with E-state index in [1.807, 2.05) is 66.2 Å². The largest absolute Gasteiger partial charge is 0.495 e. The zero-order valence-corrected chi connectivity index (χ0v) is 18.1. The Hall–Kier alpha value is -3.35. The topological polar surface area (TPSA) is 68.2 Å². The number of aryl methyl sites for hydroxylation is 1. The Labute approximate surface area is 185 Å². The van der Waals surface area contributed by atoms with Crippen molar-refractivity contribution < 1.29 is 9.53 Å². The van der Waals surface area contributed by atoms with Crippen LogP contribution in [-0.2, 0) is 18.4 Å². The van der Waals surface area contributed by atoms with Crippen molar-refractivity contribution in [2.24, 2.45) is 7.05 Å². The van der Waals surface area contributed by atoms with Gasteiger partial charge in [0.15, 0.2) is 0 Å². The fourth-order valence-electron chi connectivity index (χ4n) is 3.51. The van der Waals surface area contributed by atoms with E-state index in [2.05, 4.69) is 15.6 Å². The van der Waals surface area contributed by atoms with Gasteiger partial charge in [-0.2, -0.15) is 0 Å². The first kappa shape index (κ1) is 20.9. The van der Waals surface area contributed by atoms with E-state index in [9.17, 15) is 4.79 Å². The molecule has 0 fully saturated rings. The molecule has 0 aliphatic heterocycles. The van der Waals surface area contributed by atoms with Gasteiger partial charge in [-0.1, -0.05) is 54.1 Å². The van der Waals surface area contributed by atoms with E-state index in [0.717, 1.165) is 22.4 Å². The van der Waals surface area contributed by atoms with Crippen LogP contribution in [0.1, 0.15) is 17.4 Å². The SMILES string of the molecule is COc1ccc(NC(=O)[C@H](NCc2nc3ccccc3n2C)c2ccccc2)cc1Cl. The van der Waals surface area contributed by atoms with Gasteiger partial charge in [-0.05, 0) is 35.9 Å². The summed E-state index contributed by atoms with van der Waals surface area (Å²) in [6.07, 6.45) is 0. The number of amides is 1. The molecule has 158 valence electrons. The van der Waals surface area contributed by atoms with Gasteiger partial charge in [0.1, 0.15) is 17.6 Å². The van der Waals surface area contributed by atoms with Gasteiger partial charge < -0.3 is 14.6 Å². The summed E-state index contributed by atoms with van der Waals surface area (Å²) in [5.74, 6) is 1.22. The first-order valence-corrected chi connectivity index (χ1v) is 10.3. The highest BCUT2D eigenvalue weighted by Crippen LogP contribution is 2.28. The standard InChI is InChI=1S/C24H23ClN4O2/c1-29-20-11-7-6-10-19(20)28-22(29)15-26-23(16-8-4-3-5-9-16)24(30)27-17-12-13-21(31-2)18(25)14-17/h3-14,23,26H,15H2,1-2H3,(H,27,30)/t23-/m1/s1. The lowest BCUT2D eigenvalue weighted by molar-refractivity contribution is -0.118. The average Bonchev–Trinajstić information content (AvgIpc) is 3.10. The minimum absolute atomic E-state index is 0.189. The normalized spacial score (nSPS) is 12.0. The Morgan fingerprint density at radius 3 is 2.55 bits per heavy atom. The number of halogens is 1. The summed E-state index contributed by atoms with van der Waals surface area (Å²) >= 11 is 6.20. The molecule has 0 bridgehead atoms. The average molecular weight is 435 g/mol. The third-order valence-corrected chi connectivity index (χ3v) is 5.45. The number of nitrogens with zero attached hydrogens (tertiary/aromatic N) is 2. The molecule has 0 saturated carbocycles. The van der Waals surface area contributed by atoms with Crippen molar-refractivity contribution in [3.8, 4) is 5.75 Å². The predicted molar refractivity (Wildman–Crippen MR) is 123 cm³/mol. The van der Waals surface area contributed by atoms with Crippen LogP contribution in [0.5, 0.6) is 5.75 Å². The summed E-state index contributed by atoms with van der Waals surface area (Å²) in [5, 5.41) is 6.73. The minimum atomic E-state index is -0.568. The van der Waals surface area contributed by atoms with Crippen LogP contribution in [0.2, 0.25) is 5.02 Å². The summed E-state index contributed by atoms with van der Waals surface area (Å²) in [6.45, 7) is 0.432. The van der Waals surface area contributed by atoms with E-state index in [1.54, 1.807) is 25.3 Å². The van der Waals surface area contributed by atoms with E-state index in [4.69, 9.17) is 16.3 Å². The van der Waals surface area contributed by atoms with Gasteiger partial charge >= 0.3 is 0 Å². The smallest absolute Gasteiger partial charge is 0.246 e. The fraction of sp³-hybridized carbons (Fsp3) is 0.167. The lowest BCUT2D eigenvalue weighted by atomic mass is 10.1. The van der Waals surface area contributed by atoms with Crippen LogP contribution >= 0.6 is 11.6 Å². The fourth-order valence-corrected chi connectivity index (χ4v) is 3.77. The molecule has 0 spiro atoms. The number of benzene rings is 3. The molecule has 0 aliphatic rings. The van der Waals surface area contributed by atoms with Crippen molar-refractivity contribution in [2.75, 3.05) is 12.4 Å². The van der Waals surface area contributed by atoms with Crippen LogP contribution in [0.15, 0.2) is 72.8 Å². The number of aromatic nitrogens is 2. The first-order valence-electron chi connectivity index (χ1n) is 9.90. The maximum Gasteiger partial charge on any atom is 0.246 e. The number of fused-ring (bicyclic) bond motifs is 1. The van der Waals surface area contributed by atoms with Crippen LogP contribution in [0, 0.1) is 0 Å². The van der Waals surface area contributed by atoms with Gasteiger partial charge in [0.2, 0.25) is 5.91 Å². The molecule has 2 N–H and O–H groups in total. The van der Waals surface area contributed by atoms with Crippen LogP contribution in [0.25, 0.3) is 11.0 Å². The summed E-state index contributed by atoms with van der Waals surface area (Å²) in [6, 6.07) is 22.1. The molecule has 3 aromatic carbocycles. The lowest BCUT2D eigenvalue weighted by Crippen LogP contribution is -2.33. The van der Waals surface area contributed by atoms with Crippen molar-refractivity contribution in [3.63, 3.8) is 0 Å². The third kappa shape index (κ3) is 4.55. The van der Waals surface area contributed by atoms with Crippen molar-refractivity contribution in [1.82, 2.24) is 14.9 Å². The van der Waals surface area contributed by atoms with E-state index < -0.39 is 6.04 Å². The number of methoxy groups -OCH3 is 1. The monoisotopic (exact) mass is 434 g/mol. The second-order valence-electron chi connectivity index (χ2n) is 7.14. The number of nitrogens with one attached hydrogen (secondary N) is 2. The van der Waals surface area contributed by atoms with Crippen molar-refractivity contribution in [3.05, 3.63) is 89.2 Å². The Kier molecular flexibility index (Phi) is 6.21. The van der Waals surface area contributed by atoms with E-state index >= 15 is 0 Å². The summed E-state index contributed by atoms with van der Waals surface area (Å²) in [4.78, 5) is 17.9. The molecule has 4 aromatic rings. The maximum absolute atomic E-state index is 13.2. The number of anilines is 1. The number of ether oxygens (including phenoxy) is 1. The summed E-state index contributed by atoms with van der Waals surface area (Å²) in [7, 11) is 3.53. The molecule has 6 nitrogen and oxygen atoms in total. The van der Waals surface area contributed by atoms with E-state index in [1.165, 1.54) is 0 Å². The molecular formula is C24H23ClN4O2. The number of carbonyl (C=O) groups is 1. The minimum Gasteiger partial charge on any atom is -0.495 e. The van der Waals surface area contributed by atoms with Gasteiger partial charge in [0.05, 0.1) is 29.7 Å². The zero-order valence-electron chi connectivity index (χ0n) is 17.3. The zero-order chi connectivity index (χ0) is 21.8. The molecule has 1 aromatic heterocycles. The summed E-state index contributed by atoms with van der Waals surface area (Å²) in [5.41, 5.74) is 3.43. The maximum atomic E-state index is 13.2. The van der Waals surface area contributed by atoms with Crippen LogP contribution in [0.3, 0.4) is 0 Å². The Bertz CT molecular complexity index is 1210.